The van der Waals surface area contributed by atoms with Gasteiger partial charge in [0.15, 0.2) is 0 Å². The quantitative estimate of drug-likeness (QED) is 0.548. The monoisotopic (exact) mass is 204 g/mol. The van der Waals surface area contributed by atoms with Crippen molar-refractivity contribution in [3.63, 3.8) is 0 Å². The number of rotatable bonds is 1. The smallest absolute Gasteiger partial charge is 0.000592 e. The maximum atomic E-state index is 2.48. The Morgan fingerprint density at radius 1 is 0.933 bits per heavy atom. The summed E-state index contributed by atoms with van der Waals surface area (Å²) in [6.45, 7) is 9.63. The first-order valence-electron chi connectivity index (χ1n) is 6.32. The third-order valence-electron chi connectivity index (χ3n) is 5.02. The molecule has 1 atom stereocenters. The first-order valence-corrected chi connectivity index (χ1v) is 6.32. The largest absolute Gasteiger partial charge is 0.0813 e. The van der Waals surface area contributed by atoms with Crippen LogP contribution in [0.5, 0.6) is 0 Å². The van der Waals surface area contributed by atoms with Gasteiger partial charge in [0.05, 0.1) is 0 Å². The Morgan fingerprint density at radius 2 is 1.53 bits per heavy atom. The van der Waals surface area contributed by atoms with Gasteiger partial charge in [-0.15, -0.1) is 0 Å². The summed E-state index contributed by atoms with van der Waals surface area (Å²) in [7, 11) is 0. The lowest BCUT2D eigenvalue weighted by Crippen LogP contribution is -2.36. The molecule has 0 heterocycles. The number of hydrogen-bond acceptors (Lipinski definition) is 0. The molecule has 0 heteroatoms. The van der Waals surface area contributed by atoms with Crippen molar-refractivity contribution in [3.05, 3.63) is 24.3 Å². The van der Waals surface area contributed by atoms with Crippen molar-refractivity contribution in [2.45, 2.75) is 47.0 Å². The Balaban J connectivity index is 2.23. The summed E-state index contributed by atoms with van der Waals surface area (Å²) in [5.74, 6) is 1.29. The van der Waals surface area contributed by atoms with E-state index in [-0.39, 0.29) is 0 Å². The third-order valence-corrected chi connectivity index (χ3v) is 5.02. The Kier molecular flexibility index (Phi) is 2.56. The van der Waals surface area contributed by atoms with E-state index < -0.39 is 0 Å². The summed E-state index contributed by atoms with van der Waals surface area (Å²) in [6.07, 6.45) is 13.8. The summed E-state index contributed by atoms with van der Waals surface area (Å²) in [4.78, 5) is 0. The molecule has 0 amide bonds. The Labute approximate surface area is 94.5 Å². The van der Waals surface area contributed by atoms with Gasteiger partial charge in [-0.05, 0) is 29.6 Å². The average Bonchev–Trinajstić information content (AvgIpc) is 2.43. The second-order valence-corrected chi connectivity index (χ2v) is 6.31. The first kappa shape index (κ1) is 11.0. The van der Waals surface area contributed by atoms with Crippen LogP contribution in [0.2, 0.25) is 0 Å². The molecular weight excluding hydrogens is 180 g/mol. The molecule has 1 saturated carbocycles. The maximum Gasteiger partial charge on any atom is 0.000592 e. The molecule has 0 spiro atoms. The molecular formula is C15H24. The maximum absolute atomic E-state index is 2.48. The summed E-state index contributed by atoms with van der Waals surface area (Å²) in [5.41, 5.74) is 0.965. The van der Waals surface area contributed by atoms with E-state index >= 15 is 0 Å². The standard InChI is InChI=1S/C15H24/c1-12-6-8-13(9-7-12)15(4)11-5-10-14(15,2)3/h6-9,12-13H,5,10-11H2,1-4H3. The highest BCUT2D eigenvalue weighted by Gasteiger charge is 2.48. The molecule has 2 aliphatic rings. The van der Waals surface area contributed by atoms with Gasteiger partial charge in [0.2, 0.25) is 0 Å². The van der Waals surface area contributed by atoms with Crippen molar-refractivity contribution in [1.82, 2.24) is 0 Å². The fourth-order valence-electron chi connectivity index (χ4n) is 3.28. The van der Waals surface area contributed by atoms with Crippen LogP contribution in [0.1, 0.15) is 47.0 Å². The van der Waals surface area contributed by atoms with E-state index in [0.717, 1.165) is 0 Å². The molecule has 0 aromatic carbocycles. The highest BCUT2D eigenvalue weighted by atomic mass is 14.5. The van der Waals surface area contributed by atoms with Crippen LogP contribution in [0.15, 0.2) is 24.3 Å². The van der Waals surface area contributed by atoms with E-state index in [4.69, 9.17) is 0 Å². The Bertz CT molecular complexity index is 281. The minimum absolute atomic E-state index is 0.472. The van der Waals surface area contributed by atoms with Gasteiger partial charge in [0.1, 0.15) is 0 Å². The average molecular weight is 204 g/mol. The molecule has 0 aromatic rings. The molecule has 2 aliphatic carbocycles. The predicted molar refractivity (Wildman–Crippen MR) is 66.7 cm³/mol. The van der Waals surface area contributed by atoms with Crippen LogP contribution in [0.25, 0.3) is 0 Å². The SMILES string of the molecule is CC1C=CC(C2(C)CCCC2(C)C)C=C1. The Hall–Kier alpha value is -0.520. The van der Waals surface area contributed by atoms with Gasteiger partial charge in [-0.2, -0.15) is 0 Å². The molecule has 0 saturated heterocycles. The van der Waals surface area contributed by atoms with E-state index in [0.29, 0.717) is 22.7 Å². The summed E-state index contributed by atoms with van der Waals surface area (Å²) in [6, 6.07) is 0. The molecule has 2 rings (SSSR count). The van der Waals surface area contributed by atoms with E-state index in [1.54, 1.807) is 0 Å². The predicted octanol–water partition coefficient (Wildman–Crippen LogP) is 4.58. The van der Waals surface area contributed by atoms with Crippen molar-refractivity contribution < 1.29 is 0 Å². The highest BCUT2D eigenvalue weighted by Crippen LogP contribution is 2.57. The summed E-state index contributed by atoms with van der Waals surface area (Å²) in [5, 5.41) is 0. The summed E-state index contributed by atoms with van der Waals surface area (Å²) >= 11 is 0. The van der Waals surface area contributed by atoms with Crippen LogP contribution in [-0.2, 0) is 0 Å². The number of hydrogen-bond donors (Lipinski definition) is 0. The van der Waals surface area contributed by atoms with Crippen LogP contribution in [0.3, 0.4) is 0 Å². The molecule has 84 valence electrons. The zero-order valence-corrected chi connectivity index (χ0v) is 10.6. The summed E-state index contributed by atoms with van der Waals surface area (Å²) < 4.78 is 0. The van der Waals surface area contributed by atoms with Crippen molar-refractivity contribution in [1.29, 1.82) is 0 Å². The zero-order chi connectivity index (χ0) is 11.1. The molecule has 0 radical (unpaired) electrons. The van der Waals surface area contributed by atoms with E-state index in [9.17, 15) is 0 Å². The molecule has 0 nitrogen and oxygen atoms in total. The van der Waals surface area contributed by atoms with E-state index in [2.05, 4.69) is 52.0 Å². The second-order valence-electron chi connectivity index (χ2n) is 6.31. The molecule has 1 fully saturated rings. The number of allylic oxidation sites excluding steroid dienone is 4. The minimum atomic E-state index is 0.472. The van der Waals surface area contributed by atoms with Crippen LogP contribution < -0.4 is 0 Å². The van der Waals surface area contributed by atoms with Gasteiger partial charge in [-0.3, -0.25) is 0 Å². The minimum Gasteiger partial charge on any atom is -0.0813 e. The van der Waals surface area contributed by atoms with Gasteiger partial charge < -0.3 is 0 Å². The van der Waals surface area contributed by atoms with Gasteiger partial charge in [-0.25, -0.2) is 0 Å². The zero-order valence-electron chi connectivity index (χ0n) is 10.6. The first-order chi connectivity index (χ1) is 6.96. The fraction of sp³-hybridized carbons (Fsp3) is 0.733. The van der Waals surface area contributed by atoms with E-state index in [1.165, 1.54) is 19.3 Å². The van der Waals surface area contributed by atoms with Crippen LogP contribution in [-0.4, -0.2) is 0 Å². The third kappa shape index (κ3) is 1.68. The lowest BCUT2D eigenvalue weighted by atomic mass is 9.61. The normalized spacial score (nSPS) is 43.5. The van der Waals surface area contributed by atoms with E-state index in [1.807, 2.05) is 0 Å². The molecule has 0 aromatic heterocycles. The van der Waals surface area contributed by atoms with Crippen LogP contribution in [0, 0.1) is 22.7 Å². The second kappa shape index (κ2) is 3.50. The van der Waals surface area contributed by atoms with Crippen molar-refractivity contribution >= 4 is 0 Å². The molecule has 0 N–H and O–H groups in total. The lowest BCUT2D eigenvalue weighted by Gasteiger charge is -2.43. The fourth-order valence-corrected chi connectivity index (χ4v) is 3.28. The van der Waals surface area contributed by atoms with Gasteiger partial charge >= 0.3 is 0 Å². The molecule has 15 heavy (non-hydrogen) atoms. The van der Waals surface area contributed by atoms with Crippen molar-refractivity contribution in [3.8, 4) is 0 Å². The molecule has 1 unspecified atom stereocenters. The van der Waals surface area contributed by atoms with Crippen LogP contribution in [0.4, 0.5) is 0 Å². The Morgan fingerprint density at radius 3 is 2.00 bits per heavy atom. The van der Waals surface area contributed by atoms with Gasteiger partial charge in [-0.1, -0.05) is 58.4 Å². The van der Waals surface area contributed by atoms with Gasteiger partial charge in [0.25, 0.3) is 0 Å². The molecule has 0 aliphatic heterocycles. The highest BCUT2D eigenvalue weighted by molar-refractivity contribution is 5.19. The van der Waals surface area contributed by atoms with Crippen LogP contribution >= 0.6 is 0 Å². The topological polar surface area (TPSA) is 0 Å². The lowest BCUT2D eigenvalue weighted by molar-refractivity contribution is 0.0989. The van der Waals surface area contributed by atoms with Crippen molar-refractivity contribution in [2.75, 3.05) is 0 Å². The molecule has 0 bridgehead atoms. The van der Waals surface area contributed by atoms with Gasteiger partial charge in [0, 0.05) is 5.92 Å². The van der Waals surface area contributed by atoms with Crippen molar-refractivity contribution in [2.24, 2.45) is 22.7 Å².